The maximum absolute atomic E-state index is 13.0. The van der Waals surface area contributed by atoms with Crippen LogP contribution in [0.15, 0.2) is 48.6 Å². The Morgan fingerprint density at radius 3 is 2.86 bits per heavy atom. The van der Waals surface area contributed by atoms with Gasteiger partial charge in [0, 0.05) is 5.69 Å². The van der Waals surface area contributed by atoms with Gasteiger partial charge in [-0.2, -0.15) is 0 Å². The lowest BCUT2D eigenvalue weighted by Crippen LogP contribution is -2.34. The van der Waals surface area contributed by atoms with E-state index < -0.39 is 0 Å². The molecule has 0 spiro atoms. The minimum atomic E-state index is -0.306. The number of nitrogens with one attached hydrogen (secondary N) is 1. The fraction of sp³-hybridized carbons (Fsp3) is 0.450. The number of carbonyl (C=O) groups is 1. The molecule has 2 atom stereocenters. The van der Waals surface area contributed by atoms with Crippen molar-refractivity contribution < 1.29 is 4.79 Å². The lowest BCUT2D eigenvalue weighted by molar-refractivity contribution is -0.125. The van der Waals surface area contributed by atoms with Gasteiger partial charge in [-0.3, -0.25) is 4.79 Å². The maximum Gasteiger partial charge on any atom is 0.230 e. The minimum Gasteiger partial charge on any atom is -0.326 e. The molecule has 2 unspecified atom stereocenters. The van der Waals surface area contributed by atoms with Gasteiger partial charge in [-0.1, -0.05) is 43.4 Å². The fourth-order valence-corrected chi connectivity index (χ4v) is 3.56. The molecule has 1 aliphatic carbocycles. The van der Waals surface area contributed by atoms with E-state index in [0.29, 0.717) is 5.92 Å². The molecule has 1 aromatic carbocycles. The summed E-state index contributed by atoms with van der Waals surface area (Å²) in [6.07, 6.45) is 7.77. The predicted molar refractivity (Wildman–Crippen MR) is 93.8 cm³/mol. The molecule has 0 radical (unpaired) electrons. The molecule has 0 heterocycles. The summed E-state index contributed by atoms with van der Waals surface area (Å²) in [6.45, 7) is 10.4. The summed E-state index contributed by atoms with van der Waals surface area (Å²) in [5.41, 5.74) is 2.78. The molecule has 2 heteroatoms. The number of amides is 1. The van der Waals surface area contributed by atoms with Crippen LogP contribution >= 0.6 is 0 Å². The van der Waals surface area contributed by atoms with E-state index in [-0.39, 0.29) is 11.3 Å². The van der Waals surface area contributed by atoms with Crippen molar-refractivity contribution in [1.82, 2.24) is 0 Å². The number of aryl methyl sites for hydroxylation is 1. The van der Waals surface area contributed by atoms with Crippen molar-refractivity contribution >= 4 is 11.6 Å². The lowest BCUT2D eigenvalue weighted by atomic mass is 9.78. The van der Waals surface area contributed by atoms with Gasteiger partial charge in [0.1, 0.15) is 0 Å². The highest BCUT2D eigenvalue weighted by atomic mass is 16.2. The van der Waals surface area contributed by atoms with Crippen LogP contribution < -0.4 is 5.32 Å². The average Bonchev–Trinajstić information content (AvgIpc) is 2.81. The van der Waals surface area contributed by atoms with E-state index in [1.54, 1.807) is 0 Å². The normalized spacial score (nSPS) is 24.6. The molecule has 2 rings (SSSR count). The zero-order valence-corrected chi connectivity index (χ0v) is 14.0. The van der Waals surface area contributed by atoms with Crippen LogP contribution in [0.1, 0.15) is 45.1 Å². The molecule has 1 amide bonds. The highest BCUT2D eigenvalue weighted by molar-refractivity contribution is 5.95. The zero-order valence-electron chi connectivity index (χ0n) is 14.0. The third kappa shape index (κ3) is 3.88. The van der Waals surface area contributed by atoms with Gasteiger partial charge in [0.25, 0.3) is 0 Å². The highest BCUT2D eigenvalue weighted by Gasteiger charge is 2.43. The predicted octanol–water partition coefficient (Wildman–Crippen LogP) is 5.26. The number of carbonyl (C=O) groups excluding carboxylic acids is 1. The first-order valence-electron chi connectivity index (χ1n) is 8.14. The number of hydrogen-bond donors (Lipinski definition) is 1. The summed E-state index contributed by atoms with van der Waals surface area (Å²) >= 11 is 0. The van der Waals surface area contributed by atoms with E-state index in [4.69, 9.17) is 0 Å². The Morgan fingerprint density at radius 1 is 1.50 bits per heavy atom. The van der Waals surface area contributed by atoms with Gasteiger partial charge in [0.15, 0.2) is 0 Å². The molecular weight excluding hydrogens is 270 g/mol. The third-order valence-corrected chi connectivity index (χ3v) is 4.58. The van der Waals surface area contributed by atoms with Crippen molar-refractivity contribution in [2.24, 2.45) is 11.3 Å². The van der Waals surface area contributed by atoms with Crippen LogP contribution in [0.3, 0.4) is 0 Å². The molecule has 0 aliphatic heterocycles. The third-order valence-electron chi connectivity index (χ3n) is 4.58. The van der Waals surface area contributed by atoms with Crippen LogP contribution in [0.2, 0.25) is 0 Å². The van der Waals surface area contributed by atoms with Crippen molar-refractivity contribution in [3.05, 3.63) is 54.1 Å². The first-order chi connectivity index (χ1) is 10.4. The molecular formula is C20H27NO. The van der Waals surface area contributed by atoms with Crippen LogP contribution in [0, 0.1) is 18.3 Å². The summed E-state index contributed by atoms with van der Waals surface area (Å²) in [4.78, 5) is 13.0. The molecule has 0 aromatic heterocycles. The second-order valence-electron chi connectivity index (χ2n) is 6.79. The summed E-state index contributed by atoms with van der Waals surface area (Å²) in [7, 11) is 0. The number of anilines is 1. The van der Waals surface area contributed by atoms with Crippen molar-refractivity contribution in [3.63, 3.8) is 0 Å². The highest BCUT2D eigenvalue weighted by Crippen LogP contribution is 2.46. The molecule has 1 saturated carbocycles. The standard InChI is InChI=1S/C20H27NO/c1-5-7-16(3)13-20(11-10-17(4)14-20)19(22)21-18-9-6-8-15(2)12-18/h5-9,12,17H,3,10-11,13-14H2,1-2,4H3,(H,21,22). The average molecular weight is 297 g/mol. The Kier molecular flexibility index (Phi) is 5.23. The van der Waals surface area contributed by atoms with E-state index in [9.17, 15) is 4.79 Å². The Labute approximate surface area is 134 Å². The monoisotopic (exact) mass is 297 g/mol. The first kappa shape index (κ1) is 16.5. The molecule has 22 heavy (non-hydrogen) atoms. The Morgan fingerprint density at radius 2 is 2.27 bits per heavy atom. The molecule has 0 saturated heterocycles. The SMILES string of the molecule is C=C(C=CC)CC1(C(=O)Nc2cccc(C)c2)CCC(C)C1. The molecule has 1 N–H and O–H groups in total. The van der Waals surface area contributed by atoms with Crippen molar-refractivity contribution in [1.29, 1.82) is 0 Å². The van der Waals surface area contributed by atoms with E-state index >= 15 is 0 Å². The second-order valence-corrected chi connectivity index (χ2v) is 6.79. The topological polar surface area (TPSA) is 29.1 Å². The fourth-order valence-electron chi connectivity index (χ4n) is 3.56. The molecule has 118 valence electrons. The minimum absolute atomic E-state index is 0.146. The largest absolute Gasteiger partial charge is 0.326 e. The molecule has 1 fully saturated rings. The van der Waals surface area contributed by atoms with Crippen LogP contribution in [0.5, 0.6) is 0 Å². The molecule has 1 aromatic rings. The van der Waals surface area contributed by atoms with Crippen LogP contribution in [-0.4, -0.2) is 5.91 Å². The Balaban J connectivity index is 2.18. The van der Waals surface area contributed by atoms with Gasteiger partial charge in [-0.15, -0.1) is 0 Å². The second kappa shape index (κ2) is 6.95. The lowest BCUT2D eigenvalue weighted by Gasteiger charge is -2.28. The number of benzene rings is 1. The van der Waals surface area contributed by atoms with Gasteiger partial charge < -0.3 is 5.32 Å². The summed E-state index contributed by atoms with van der Waals surface area (Å²) in [6, 6.07) is 7.99. The van der Waals surface area contributed by atoms with Gasteiger partial charge in [0.2, 0.25) is 5.91 Å². The smallest absolute Gasteiger partial charge is 0.230 e. The van der Waals surface area contributed by atoms with E-state index in [1.807, 2.05) is 50.3 Å². The van der Waals surface area contributed by atoms with Crippen LogP contribution in [-0.2, 0) is 4.79 Å². The maximum atomic E-state index is 13.0. The molecule has 0 bridgehead atoms. The molecule has 2 nitrogen and oxygen atoms in total. The number of rotatable bonds is 5. The van der Waals surface area contributed by atoms with Gasteiger partial charge in [-0.05, 0) is 63.1 Å². The summed E-state index contributed by atoms with van der Waals surface area (Å²) in [5, 5.41) is 3.13. The quantitative estimate of drug-likeness (QED) is 0.738. The van der Waals surface area contributed by atoms with Crippen LogP contribution in [0.25, 0.3) is 0 Å². The Hall–Kier alpha value is -1.83. The number of allylic oxidation sites excluding steroid dienone is 3. The van der Waals surface area contributed by atoms with E-state index in [2.05, 4.69) is 18.8 Å². The summed E-state index contributed by atoms with van der Waals surface area (Å²) in [5.74, 6) is 0.745. The van der Waals surface area contributed by atoms with Crippen molar-refractivity contribution in [2.45, 2.75) is 46.5 Å². The van der Waals surface area contributed by atoms with Crippen molar-refractivity contribution in [2.75, 3.05) is 5.32 Å². The summed E-state index contributed by atoms with van der Waals surface area (Å²) < 4.78 is 0. The first-order valence-corrected chi connectivity index (χ1v) is 8.14. The van der Waals surface area contributed by atoms with Gasteiger partial charge in [0.05, 0.1) is 5.41 Å². The van der Waals surface area contributed by atoms with E-state index in [1.165, 1.54) is 0 Å². The van der Waals surface area contributed by atoms with E-state index in [0.717, 1.165) is 42.5 Å². The van der Waals surface area contributed by atoms with Crippen molar-refractivity contribution in [3.8, 4) is 0 Å². The Bertz CT molecular complexity index is 587. The molecule has 1 aliphatic rings. The zero-order chi connectivity index (χ0) is 16.2. The van der Waals surface area contributed by atoms with Gasteiger partial charge >= 0.3 is 0 Å². The number of hydrogen-bond acceptors (Lipinski definition) is 1. The van der Waals surface area contributed by atoms with Gasteiger partial charge in [-0.25, -0.2) is 0 Å². The van der Waals surface area contributed by atoms with Crippen LogP contribution in [0.4, 0.5) is 5.69 Å².